The van der Waals surface area contributed by atoms with E-state index < -0.39 is 0 Å². The molecule has 102 valence electrons. The summed E-state index contributed by atoms with van der Waals surface area (Å²) in [6.45, 7) is 0. The van der Waals surface area contributed by atoms with Crippen LogP contribution in [-0.2, 0) is 0 Å². The Hall–Kier alpha value is -2.94. The number of hydrogen-bond donors (Lipinski definition) is 0. The minimum atomic E-state index is 1.02. The van der Waals surface area contributed by atoms with Crippen molar-refractivity contribution in [2.24, 2.45) is 5.10 Å². The number of nitrogens with zero attached hydrogens (tertiary/aromatic N) is 3. The molecule has 1 aromatic heterocycles. The highest BCUT2D eigenvalue weighted by Gasteiger charge is 2.06. The smallest absolute Gasteiger partial charge is 0.0652 e. The maximum atomic E-state index is 4.62. The summed E-state index contributed by atoms with van der Waals surface area (Å²) in [4.78, 5) is 4.01. The number of anilines is 2. The topological polar surface area (TPSA) is 28.5 Å². The van der Waals surface area contributed by atoms with Crippen LogP contribution < -0.4 is 5.01 Å². The molecule has 0 radical (unpaired) electrons. The number of rotatable bonds is 4. The Morgan fingerprint density at radius 1 is 0.714 bits per heavy atom. The maximum absolute atomic E-state index is 4.62. The molecule has 0 amide bonds. The zero-order valence-corrected chi connectivity index (χ0v) is 11.5. The Morgan fingerprint density at radius 2 is 1.24 bits per heavy atom. The van der Waals surface area contributed by atoms with Crippen molar-refractivity contribution in [1.82, 2.24) is 4.98 Å². The largest absolute Gasteiger partial charge is 0.265 e. The summed E-state index contributed by atoms with van der Waals surface area (Å²) in [5, 5.41) is 6.53. The standard InChI is InChI=1S/C18H15N3/c1-3-7-17(8-4-1)21(18-9-5-2-6-10-18)20-15-16-11-13-19-14-12-16/h1-15H/b20-15+. The van der Waals surface area contributed by atoms with E-state index in [0.717, 1.165) is 16.9 Å². The third kappa shape index (κ3) is 3.34. The molecule has 21 heavy (non-hydrogen) atoms. The van der Waals surface area contributed by atoms with Gasteiger partial charge in [-0.15, -0.1) is 0 Å². The van der Waals surface area contributed by atoms with Gasteiger partial charge in [0.15, 0.2) is 0 Å². The van der Waals surface area contributed by atoms with Crippen molar-refractivity contribution in [3.63, 3.8) is 0 Å². The van der Waals surface area contributed by atoms with Gasteiger partial charge in [-0.3, -0.25) is 4.98 Å². The lowest BCUT2D eigenvalue weighted by Crippen LogP contribution is -2.09. The van der Waals surface area contributed by atoms with Crippen LogP contribution in [0.4, 0.5) is 11.4 Å². The van der Waals surface area contributed by atoms with E-state index in [-0.39, 0.29) is 0 Å². The van der Waals surface area contributed by atoms with Gasteiger partial charge in [-0.1, -0.05) is 36.4 Å². The van der Waals surface area contributed by atoms with Crippen molar-refractivity contribution in [2.45, 2.75) is 0 Å². The van der Waals surface area contributed by atoms with E-state index in [1.165, 1.54) is 0 Å². The number of hydrazone groups is 1. The minimum absolute atomic E-state index is 1.02. The molecule has 1 heterocycles. The van der Waals surface area contributed by atoms with Gasteiger partial charge in [0.1, 0.15) is 0 Å². The second-order valence-corrected chi connectivity index (χ2v) is 4.51. The van der Waals surface area contributed by atoms with Crippen LogP contribution in [0.15, 0.2) is 90.3 Å². The zero-order valence-electron chi connectivity index (χ0n) is 11.5. The monoisotopic (exact) mass is 273 g/mol. The molecule has 0 aliphatic rings. The lowest BCUT2D eigenvalue weighted by molar-refractivity contribution is 1.09. The Labute approximate surface area is 124 Å². The molecular formula is C18H15N3. The molecule has 3 nitrogen and oxygen atoms in total. The third-order valence-corrected chi connectivity index (χ3v) is 3.03. The van der Waals surface area contributed by atoms with E-state index in [1.54, 1.807) is 12.4 Å². The van der Waals surface area contributed by atoms with Crippen molar-refractivity contribution in [3.8, 4) is 0 Å². The van der Waals surface area contributed by atoms with Crippen LogP contribution >= 0.6 is 0 Å². The van der Waals surface area contributed by atoms with Crippen molar-refractivity contribution in [3.05, 3.63) is 90.8 Å². The van der Waals surface area contributed by atoms with Gasteiger partial charge in [-0.25, -0.2) is 5.01 Å². The van der Waals surface area contributed by atoms with Crippen LogP contribution in [0.5, 0.6) is 0 Å². The first-order valence-corrected chi connectivity index (χ1v) is 6.78. The SMILES string of the molecule is C(=N\N(c1ccccc1)c1ccccc1)/c1ccncc1. The summed E-state index contributed by atoms with van der Waals surface area (Å²) >= 11 is 0. The summed E-state index contributed by atoms with van der Waals surface area (Å²) in [6, 6.07) is 24.0. The first-order chi connectivity index (χ1) is 10.4. The summed E-state index contributed by atoms with van der Waals surface area (Å²) < 4.78 is 0. The molecule has 0 unspecified atom stereocenters. The van der Waals surface area contributed by atoms with Crippen LogP contribution in [0.1, 0.15) is 5.56 Å². The van der Waals surface area contributed by atoms with E-state index in [1.807, 2.05) is 84.0 Å². The molecule has 0 aliphatic heterocycles. The molecule has 3 heteroatoms. The second kappa shape index (κ2) is 6.48. The molecular weight excluding hydrogens is 258 g/mol. The van der Waals surface area contributed by atoms with Crippen LogP contribution in [-0.4, -0.2) is 11.2 Å². The number of hydrogen-bond acceptors (Lipinski definition) is 3. The van der Waals surface area contributed by atoms with Crippen molar-refractivity contribution < 1.29 is 0 Å². The molecule has 0 saturated carbocycles. The van der Waals surface area contributed by atoms with Crippen LogP contribution in [0.2, 0.25) is 0 Å². The van der Waals surface area contributed by atoms with E-state index in [4.69, 9.17) is 0 Å². The van der Waals surface area contributed by atoms with Crippen LogP contribution in [0.25, 0.3) is 0 Å². The molecule has 0 fully saturated rings. The molecule has 0 bridgehead atoms. The molecule has 0 aliphatic carbocycles. The second-order valence-electron chi connectivity index (χ2n) is 4.51. The summed E-state index contributed by atoms with van der Waals surface area (Å²) in [6.07, 6.45) is 5.36. The fraction of sp³-hybridized carbons (Fsp3) is 0. The van der Waals surface area contributed by atoms with Gasteiger partial charge in [0.05, 0.1) is 17.6 Å². The van der Waals surface area contributed by atoms with Gasteiger partial charge in [-0.05, 0) is 42.0 Å². The molecule has 0 saturated heterocycles. The Bertz CT molecular complexity index is 655. The summed E-state index contributed by atoms with van der Waals surface area (Å²) in [5.74, 6) is 0. The number of aromatic nitrogens is 1. The molecule has 0 atom stereocenters. The predicted octanol–water partition coefficient (Wildman–Crippen LogP) is 4.25. The Kier molecular flexibility index (Phi) is 4.03. The quantitative estimate of drug-likeness (QED) is 0.525. The van der Waals surface area contributed by atoms with Crippen LogP contribution in [0.3, 0.4) is 0 Å². The van der Waals surface area contributed by atoms with Crippen molar-refractivity contribution in [1.29, 1.82) is 0 Å². The van der Waals surface area contributed by atoms with E-state index in [2.05, 4.69) is 10.1 Å². The van der Waals surface area contributed by atoms with Gasteiger partial charge in [-0.2, -0.15) is 5.10 Å². The lowest BCUT2D eigenvalue weighted by Gasteiger charge is -2.19. The van der Waals surface area contributed by atoms with Gasteiger partial charge in [0, 0.05) is 12.4 Å². The van der Waals surface area contributed by atoms with Gasteiger partial charge in [0.2, 0.25) is 0 Å². The number of benzene rings is 2. The first-order valence-electron chi connectivity index (χ1n) is 6.78. The molecule has 0 spiro atoms. The van der Waals surface area contributed by atoms with E-state index in [9.17, 15) is 0 Å². The average molecular weight is 273 g/mol. The first kappa shape index (κ1) is 13.1. The van der Waals surface area contributed by atoms with Crippen molar-refractivity contribution in [2.75, 3.05) is 5.01 Å². The van der Waals surface area contributed by atoms with Gasteiger partial charge < -0.3 is 0 Å². The van der Waals surface area contributed by atoms with Crippen LogP contribution in [0, 0.1) is 0 Å². The maximum Gasteiger partial charge on any atom is 0.0652 e. The number of para-hydroxylation sites is 2. The highest BCUT2D eigenvalue weighted by atomic mass is 15.5. The van der Waals surface area contributed by atoms with Gasteiger partial charge >= 0.3 is 0 Å². The Morgan fingerprint density at radius 3 is 1.76 bits per heavy atom. The average Bonchev–Trinajstić information content (AvgIpc) is 2.58. The zero-order chi connectivity index (χ0) is 14.3. The van der Waals surface area contributed by atoms with E-state index in [0.29, 0.717) is 0 Å². The molecule has 2 aromatic carbocycles. The third-order valence-electron chi connectivity index (χ3n) is 3.03. The summed E-state index contributed by atoms with van der Waals surface area (Å²) in [5.41, 5.74) is 3.06. The minimum Gasteiger partial charge on any atom is -0.265 e. The normalized spacial score (nSPS) is 10.7. The fourth-order valence-electron chi connectivity index (χ4n) is 1.99. The summed E-state index contributed by atoms with van der Waals surface area (Å²) in [7, 11) is 0. The fourth-order valence-corrected chi connectivity index (χ4v) is 1.99. The highest BCUT2D eigenvalue weighted by molar-refractivity contribution is 5.81. The van der Waals surface area contributed by atoms with Gasteiger partial charge in [0.25, 0.3) is 0 Å². The van der Waals surface area contributed by atoms with E-state index >= 15 is 0 Å². The molecule has 0 N–H and O–H groups in total. The lowest BCUT2D eigenvalue weighted by atomic mass is 10.2. The van der Waals surface area contributed by atoms with Crippen molar-refractivity contribution >= 4 is 17.6 Å². The number of pyridine rings is 1. The highest BCUT2D eigenvalue weighted by Crippen LogP contribution is 2.24. The molecule has 3 aromatic rings. The molecule has 3 rings (SSSR count). The predicted molar refractivity (Wildman–Crippen MR) is 86.9 cm³/mol. The Balaban J connectivity index is 1.96.